The van der Waals surface area contributed by atoms with Crippen molar-refractivity contribution in [3.05, 3.63) is 206 Å². The van der Waals surface area contributed by atoms with Gasteiger partial charge in [-0.05, 0) is 89.5 Å². The first-order valence-electron chi connectivity index (χ1n) is 17.3. The van der Waals surface area contributed by atoms with Crippen LogP contribution in [0.15, 0.2) is 211 Å². The van der Waals surface area contributed by atoms with Crippen LogP contribution in [0.4, 0.5) is 34.1 Å². The van der Waals surface area contributed by atoms with Crippen LogP contribution in [0.2, 0.25) is 0 Å². The number of para-hydroxylation sites is 4. The van der Waals surface area contributed by atoms with Crippen LogP contribution in [-0.2, 0) is 0 Å². The van der Waals surface area contributed by atoms with E-state index in [0.717, 1.165) is 67.2 Å². The minimum atomic E-state index is 0.862. The molecular weight excluding hydrogens is 621 g/mol. The molecule has 9 rings (SSSR count). The average Bonchev–Trinajstić information content (AvgIpc) is 3.58. The number of benzene rings is 8. The quantitative estimate of drug-likeness (QED) is 0.163. The van der Waals surface area contributed by atoms with Gasteiger partial charge >= 0.3 is 0 Å². The summed E-state index contributed by atoms with van der Waals surface area (Å²) in [6, 6.07) is 72.7. The molecule has 9 aromatic rings. The molecule has 0 bridgehead atoms. The van der Waals surface area contributed by atoms with Gasteiger partial charge in [0, 0.05) is 50.8 Å². The smallest absolute Gasteiger partial charge is 0.137 e. The van der Waals surface area contributed by atoms with Gasteiger partial charge < -0.3 is 14.2 Å². The number of rotatable bonds is 8. The second-order valence-corrected chi connectivity index (χ2v) is 12.6. The first-order valence-corrected chi connectivity index (χ1v) is 17.3. The van der Waals surface area contributed by atoms with E-state index in [4.69, 9.17) is 4.42 Å². The zero-order valence-corrected chi connectivity index (χ0v) is 27.9. The van der Waals surface area contributed by atoms with Crippen LogP contribution in [0.1, 0.15) is 0 Å². The van der Waals surface area contributed by atoms with Gasteiger partial charge in [0.05, 0.1) is 5.69 Å². The normalized spacial score (nSPS) is 11.1. The minimum Gasteiger partial charge on any atom is -0.456 e. The molecule has 3 nitrogen and oxygen atoms in total. The van der Waals surface area contributed by atoms with E-state index in [2.05, 4.69) is 204 Å². The fourth-order valence-corrected chi connectivity index (χ4v) is 7.04. The van der Waals surface area contributed by atoms with Crippen molar-refractivity contribution in [3.63, 3.8) is 0 Å². The molecule has 0 spiro atoms. The van der Waals surface area contributed by atoms with Crippen LogP contribution >= 0.6 is 0 Å². The van der Waals surface area contributed by atoms with E-state index in [1.54, 1.807) is 0 Å². The molecule has 3 heteroatoms. The van der Waals surface area contributed by atoms with E-state index in [0.29, 0.717) is 0 Å². The highest BCUT2D eigenvalue weighted by Crippen LogP contribution is 2.44. The maximum Gasteiger partial charge on any atom is 0.137 e. The lowest BCUT2D eigenvalue weighted by Crippen LogP contribution is -2.12. The Morgan fingerprint density at radius 2 is 0.804 bits per heavy atom. The summed E-state index contributed by atoms with van der Waals surface area (Å²) < 4.78 is 6.40. The number of anilines is 6. The number of fused-ring (bicyclic) bond motifs is 3. The van der Waals surface area contributed by atoms with Crippen molar-refractivity contribution >= 4 is 56.1 Å². The summed E-state index contributed by atoms with van der Waals surface area (Å²) in [5.41, 5.74) is 12.8. The van der Waals surface area contributed by atoms with Crippen LogP contribution < -0.4 is 9.80 Å². The summed E-state index contributed by atoms with van der Waals surface area (Å²) in [6.45, 7) is 0. The molecule has 0 saturated heterocycles. The maximum atomic E-state index is 6.40. The maximum absolute atomic E-state index is 6.40. The topological polar surface area (TPSA) is 19.6 Å². The lowest BCUT2D eigenvalue weighted by molar-refractivity contribution is 0.669. The molecule has 0 fully saturated rings. The van der Waals surface area contributed by atoms with E-state index in [9.17, 15) is 0 Å². The lowest BCUT2D eigenvalue weighted by atomic mass is 10.00. The summed E-state index contributed by atoms with van der Waals surface area (Å²) in [5.74, 6) is 0. The molecule has 0 aliphatic carbocycles. The van der Waals surface area contributed by atoms with Crippen molar-refractivity contribution in [3.8, 4) is 22.3 Å². The second kappa shape index (κ2) is 13.2. The highest BCUT2D eigenvalue weighted by Gasteiger charge is 2.20. The van der Waals surface area contributed by atoms with E-state index >= 15 is 0 Å². The summed E-state index contributed by atoms with van der Waals surface area (Å²) in [7, 11) is 0. The Bertz CT molecular complexity index is 2540. The Hall–Kier alpha value is -6.84. The van der Waals surface area contributed by atoms with Gasteiger partial charge in [-0.25, -0.2) is 0 Å². The second-order valence-electron chi connectivity index (χ2n) is 12.6. The van der Waals surface area contributed by atoms with Gasteiger partial charge in [0.15, 0.2) is 0 Å². The SMILES string of the molecule is c1ccc(-c2ccc(N(c3ccc4c(c3)oc3ccccc34)c3ccccc3-c3cccc(N(c4ccccc4)c4ccccc4)c3)cc2)cc1. The molecule has 51 heavy (non-hydrogen) atoms. The zero-order valence-electron chi connectivity index (χ0n) is 27.9. The summed E-state index contributed by atoms with van der Waals surface area (Å²) in [4.78, 5) is 4.65. The van der Waals surface area contributed by atoms with Gasteiger partial charge in [0.25, 0.3) is 0 Å². The minimum absolute atomic E-state index is 0.862. The molecule has 0 aliphatic heterocycles. The summed E-state index contributed by atoms with van der Waals surface area (Å²) in [6.07, 6.45) is 0. The van der Waals surface area contributed by atoms with E-state index in [1.807, 2.05) is 12.1 Å². The third-order valence-electron chi connectivity index (χ3n) is 9.44. The Labute approximate surface area is 297 Å². The Morgan fingerprint density at radius 1 is 0.294 bits per heavy atom. The molecule has 0 aliphatic rings. The van der Waals surface area contributed by atoms with Gasteiger partial charge in [-0.15, -0.1) is 0 Å². The molecule has 0 saturated carbocycles. The zero-order chi connectivity index (χ0) is 34.0. The number of hydrogen-bond acceptors (Lipinski definition) is 3. The van der Waals surface area contributed by atoms with Crippen molar-refractivity contribution in [2.45, 2.75) is 0 Å². The van der Waals surface area contributed by atoms with Gasteiger partial charge in [-0.3, -0.25) is 0 Å². The largest absolute Gasteiger partial charge is 0.456 e. The predicted molar refractivity (Wildman–Crippen MR) is 214 cm³/mol. The molecule has 0 unspecified atom stereocenters. The van der Waals surface area contributed by atoms with Gasteiger partial charge in [0.1, 0.15) is 11.2 Å². The molecule has 0 amide bonds. The van der Waals surface area contributed by atoms with Gasteiger partial charge in [-0.2, -0.15) is 0 Å². The average molecular weight is 655 g/mol. The highest BCUT2D eigenvalue weighted by molar-refractivity contribution is 6.06. The Kier molecular flexibility index (Phi) is 7.84. The van der Waals surface area contributed by atoms with Crippen molar-refractivity contribution in [2.75, 3.05) is 9.80 Å². The van der Waals surface area contributed by atoms with E-state index < -0.39 is 0 Å². The van der Waals surface area contributed by atoms with Crippen LogP contribution in [0.5, 0.6) is 0 Å². The molecule has 0 N–H and O–H groups in total. The molecule has 1 aromatic heterocycles. The van der Waals surface area contributed by atoms with Crippen LogP contribution in [0, 0.1) is 0 Å². The predicted octanol–water partition coefficient (Wildman–Crippen LogP) is 13.9. The summed E-state index contributed by atoms with van der Waals surface area (Å²) in [5, 5.41) is 2.23. The van der Waals surface area contributed by atoms with E-state index in [-0.39, 0.29) is 0 Å². The highest BCUT2D eigenvalue weighted by atomic mass is 16.3. The van der Waals surface area contributed by atoms with Crippen LogP contribution in [0.25, 0.3) is 44.2 Å². The van der Waals surface area contributed by atoms with Crippen LogP contribution in [-0.4, -0.2) is 0 Å². The summed E-state index contributed by atoms with van der Waals surface area (Å²) >= 11 is 0. The first kappa shape index (κ1) is 30.2. The Balaban J connectivity index is 1.20. The monoisotopic (exact) mass is 654 g/mol. The molecule has 0 radical (unpaired) electrons. The van der Waals surface area contributed by atoms with Gasteiger partial charge in [0.2, 0.25) is 0 Å². The molecule has 8 aromatic carbocycles. The van der Waals surface area contributed by atoms with Crippen molar-refractivity contribution in [1.82, 2.24) is 0 Å². The van der Waals surface area contributed by atoms with E-state index in [1.165, 1.54) is 11.1 Å². The van der Waals surface area contributed by atoms with Crippen molar-refractivity contribution in [2.24, 2.45) is 0 Å². The molecule has 242 valence electrons. The number of hydrogen-bond donors (Lipinski definition) is 0. The first-order chi connectivity index (χ1) is 25.3. The fraction of sp³-hybridized carbons (Fsp3) is 0. The molecule has 1 heterocycles. The van der Waals surface area contributed by atoms with Crippen LogP contribution in [0.3, 0.4) is 0 Å². The number of nitrogens with zero attached hydrogens (tertiary/aromatic N) is 2. The van der Waals surface area contributed by atoms with Crippen molar-refractivity contribution in [1.29, 1.82) is 0 Å². The number of furan rings is 1. The fourth-order valence-electron chi connectivity index (χ4n) is 7.04. The third kappa shape index (κ3) is 5.81. The molecule has 0 atom stereocenters. The molecular formula is C48H34N2O. The van der Waals surface area contributed by atoms with Gasteiger partial charge in [-0.1, -0.05) is 127 Å². The lowest BCUT2D eigenvalue weighted by Gasteiger charge is -2.29. The van der Waals surface area contributed by atoms with Crippen molar-refractivity contribution < 1.29 is 4.42 Å². The Morgan fingerprint density at radius 3 is 1.55 bits per heavy atom. The third-order valence-corrected chi connectivity index (χ3v) is 9.44. The standard InChI is InChI=1S/C48H34N2O/c1-4-15-35(16-5-1)36-27-29-40(30-28-36)50(42-31-32-45-44-24-11-13-26-47(44)51-48(45)34-42)46-25-12-10-23-43(46)37-17-14-22-41(33-37)49(38-18-6-2-7-19-38)39-20-8-3-9-21-39/h1-34H.